The highest BCUT2D eigenvalue weighted by Crippen LogP contribution is 2.67. The van der Waals surface area contributed by atoms with Gasteiger partial charge in [0, 0.05) is 30.6 Å². The minimum atomic E-state index is -2.46. The van der Waals surface area contributed by atoms with Crippen LogP contribution in [0, 0.1) is 22.7 Å². The second-order valence-corrected chi connectivity index (χ2v) is 20.2. The number of benzene rings is 1. The third-order valence-corrected chi connectivity index (χ3v) is 17.7. The molecule has 2 bridgehead atoms. The second kappa shape index (κ2) is 12.1. The van der Waals surface area contributed by atoms with Gasteiger partial charge in [0.05, 0.1) is 42.3 Å². The van der Waals surface area contributed by atoms with E-state index in [9.17, 15) is 24.6 Å². The topological polar surface area (TPSA) is 155 Å². The van der Waals surface area contributed by atoms with Gasteiger partial charge in [-0.3, -0.25) is 14.4 Å². The van der Waals surface area contributed by atoms with Crippen LogP contribution in [-0.4, -0.2) is 90.6 Å². The van der Waals surface area contributed by atoms with E-state index in [4.69, 9.17) is 23.4 Å². The summed E-state index contributed by atoms with van der Waals surface area (Å²) in [5, 5.41) is 24.8. The van der Waals surface area contributed by atoms with Crippen LogP contribution in [0.5, 0.6) is 0 Å². The molecule has 4 fully saturated rings. The van der Waals surface area contributed by atoms with Crippen molar-refractivity contribution in [2.45, 2.75) is 128 Å². The Morgan fingerprint density at radius 2 is 1.65 bits per heavy atom. The number of esters is 3. The molecule has 0 unspecified atom stereocenters. The van der Waals surface area contributed by atoms with Crippen LogP contribution >= 0.6 is 0 Å². The largest absolute Gasteiger partial charge is 0.454 e. The highest BCUT2D eigenvalue weighted by atomic mass is 28.4. The molecule has 6 rings (SSSR count). The van der Waals surface area contributed by atoms with E-state index in [1.54, 1.807) is 58.0 Å². The molecule has 2 N–H and O–H groups in total. The summed E-state index contributed by atoms with van der Waals surface area (Å²) in [6, 6.07) is 10.7. The molecule has 0 aromatic heterocycles. The lowest BCUT2D eigenvalue weighted by Gasteiger charge is -2.68. The summed E-state index contributed by atoms with van der Waals surface area (Å²) in [4.78, 5) is 56.2. The first kappa shape index (κ1) is 35.9. The van der Waals surface area contributed by atoms with E-state index in [1.807, 2.05) is 0 Å². The van der Waals surface area contributed by atoms with Gasteiger partial charge in [-0.2, -0.15) is 0 Å². The number of Topliss-reactive ketones (excluding diaryl/α,β-unsaturated/α-hetero) is 1. The molecule has 12 heteroatoms. The highest BCUT2D eigenvalue weighted by Gasteiger charge is 2.81. The van der Waals surface area contributed by atoms with E-state index in [1.165, 1.54) is 6.92 Å². The number of carbonyl (C=O) groups is 4. The fourth-order valence-electron chi connectivity index (χ4n) is 10.2. The Kier molecular flexibility index (Phi) is 8.87. The van der Waals surface area contributed by atoms with Crippen molar-refractivity contribution in [3.05, 3.63) is 47.0 Å². The van der Waals surface area contributed by atoms with Crippen molar-refractivity contribution in [1.82, 2.24) is 0 Å². The van der Waals surface area contributed by atoms with Crippen molar-refractivity contribution in [2.24, 2.45) is 22.7 Å². The summed E-state index contributed by atoms with van der Waals surface area (Å²) in [6.45, 7) is 14.2. The highest BCUT2D eigenvalue weighted by molar-refractivity contribution is 6.73. The first-order chi connectivity index (χ1) is 23.0. The van der Waals surface area contributed by atoms with Crippen LogP contribution < -0.4 is 0 Å². The van der Waals surface area contributed by atoms with E-state index < -0.39 is 96.4 Å². The monoisotopic (exact) mass is 698 g/mol. The standard InChI is InChI=1S/C37H50O11Si/c1-9-49(10-2,11-3)48-24-18-25-36(43,19-44-25)30-32(46-33(42)22-15-13-12-14-16-22)37-23(17-26(39)47-37)28(40)20(4)27(34(37,6)7)29(45-21(5)38)31(41)35(24,30)8/h12-16,23-25,28-30,32,40,43H,9-11,17-19H2,1-8H3/t23-,24-,25+,28+,29+,30-,32-,35+,36-,37+/m0/s1. The lowest BCUT2D eigenvalue weighted by atomic mass is 9.43. The number of aliphatic hydroxyl groups excluding tert-OH is 1. The number of ketones is 1. The zero-order chi connectivity index (χ0) is 35.9. The molecule has 1 aromatic carbocycles. The van der Waals surface area contributed by atoms with Crippen LogP contribution in [-0.2, 0) is 37.8 Å². The molecule has 3 aliphatic carbocycles. The number of hydrogen-bond donors (Lipinski definition) is 2. The zero-order valence-corrected chi connectivity index (χ0v) is 30.7. The zero-order valence-electron chi connectivity index (χ0n) is 29.7. The molecule has 2 heterocycles. The van der Waals surface area contributed by atoms with E-state index in [0.29, 0.717) is 5.57 Å². The van der Waals surface area contributed by atoms with Crippen molar-refractivity contribution in [3.8, 4) is 0 Å². The maximum absolute atomic E-state index is 15.6. The lowest BCUT2D eigenvalue weighted by Crippen LogP contribution is -2.82. The third kappa shape index (κ3) is 4.87. The number of ether oxygens (including phenoxy) is 4. The van der Waals surface area contributed by atoms with Gasteiger partial charge in [-0.15, -0.1) is 0 Å². The summed E-state index contributed by atoms with van der Waals surface area (Å²) >= 11 is 0. The van der Waals surface area contributed by atoms with Gasteiger partial charge in [0.2, 0.25) is 0 Å². The fourth-order valence-corrected chi connectivity index (χ4v) is 13.1. The molecule has 1 aromatic rings. The van der Waals surface area contributed by atoms with Crippen LogP contribution in [0.4, 0.5) is 0 Å². The Bertz CT molecular complexity index is 1560. The maximum atomic E-state index is 15.6. The maximum Gasteiger partial charge on any atom is 0.338 e. The average molecular weight is 699 g/mol. The molecular weight excluding hydrogens is 648 g/mol. The summed E-state index contributed by atoms with van der Waals surface area (Å²) in [5.41, 5.74) is -5.62. The van der Waals surface area contributed by atoms with Crippen molar-refractivity contribution >= 4 is 32.0 Å². The molecular formula is C37H50O11Si. The molecule has 0 amide bonds. The minimum absolute atomic E-state index is 0.174. The predicted octanol–water partition coefficient (Wildman–Crippen LogP) is 4.29. The molecule has 2 aliphatic heterocycles. The van der Waals surface area contributed by atoms with E-state index >= 15 is 4.79 Å². The minimum Gasteiger partial charge on any atom is -0.454 e. The van der Waals surface area contributed by atoms with Crippen LogP contribution in [0.2, 0.25) is 18.1 Å². The van der Waals surface area contributed by atoms with E-state index in [-0.39, 0.29) is 30.6 Å². The molecule has 11 nitrogen and oxygen atoms in total. The lowest BCUT2D eigenvalue weighted by molar-refractivity contribution is -0.343. The number of carbonyl (C=O) groups excluding carboxylic acids is 4. The summed E-state index contributed by atoms with van der Waals surface area (Å²) in [7, 11) is -2.46. The van der Waals surface area contributed by atoms with Crippen molar-refractivity contribution < 1.29 is 52.8 Å². The molecule has 5 aliphatic rings. The normalized spacial score (nSPS) is 39.3. The smallest absolute Gasteiger partial charge is 0.338 e. The van der Waals surface area contributed by atoms with Gasteiger partial charge in [0.15, 0.2) is 25.8 Å². The van der Waals surface area contributed by atoms with Gasteiger partial charge < -0.3 is 33.6 Å². The SMILES string of the molecule is CC[Si](CC)(CC)O[C@H]1C[C@H]2OC[C@@]2(O)[C@H]2[C@H](OC(=O)c3ccccc3)[C@]34OC(=O)C[C@H]3[C@H](O)C(C)=C([C@@H](OC(C)=O)C(=O)[C@]12C)C4(C)C. The van der Waals surface area contributed by atoms with Crippen molar-refractivity contribution in [3.63, 3.8) is 0 Å². The molecule has 2 saturated heterocycles. The summed E-state index contributed by atoms with van der Waals surface area (Å²) in [5.74, 6) is -4.79. The third-order valence-electron chi connectivity index (χ3n) is 13.1. The Morgan fingerprint density at radius 1 is 1.02 bits per heavy atom. The van der Waals surface area contributed by atoms with Crippen molar-refractivity contribution in [1.29, 1.82) is 0 Å². The second-order valence-electron chi connectivity index (χ2n) is 15.4. The van der Waals surface area contributed by atoms with Crippen LogP contribution in [0.15, 0.2) is 41.5 Å². The Balaban J connectivity index is 1.70. The first-order valence-electron chi connectivity index (χ1n) is 17.6. The molecule has 268 valence electrons. The van der Waals surface area contributed by atoms with Gasteiger partial charge >= 0.3 is 17.9 Å². The van der Waals surface area contributed by atoms with Crippen molar-refractivity contribution in [2.75, 3.05) is 6.61 Å². The van der Waals surface area contributed by atoms with Crippen LogP contribution in [0.3, 0.4) is 0 Å². The summed E-state index contributed by atoms with van der Waals surface area (Å²) < 4.78 is 32.2. The molecule has 2 saturated carbocycles. The van der Waals surface area contributed by atoms with E-state index in [2.05, 4.69) is 20.8 Å². The fraction of sp³-hybridized carbons (Fsp3) is 0.676. The predicted molar refractivity (Wildman–Crippen MR) is 179 cm³/mol. The van der Waals surface area contributed by atoms with Gasteiger partial charge in [-0.05, 0) is 55.3 Å². The number of hydrogen-bond acceptors (Lipinski definition) is 11. The number of fused-ring (bicyclic) bond motifs is 4. The van der Waals surface area contributed by atoms with Gasteiger partial charge in [-0.25, -0.2) is 4.79 Å². The van der Waals surface area contributed by atoms with Gasteiger partial charge in [-0.1, -0.05) is 52.8 Å². The summed E-state index contributed by atoms with van der Waals surface area (Å²) in [6.07, 6.45) is -5.92. The molecule has 1 spiro atoms. The van der Waals surface area contributed by atoms with Crippen LogP contribution in [0.1, 0.15) is 78.6 Å². The molecule has 49 heavy (non-hydrogen) atoms. The Labute approximate surface area is 288 Å². The number of rotatable bonds is 8. The Morgan fingerprint density at radius 3 is 2.20 bits per heavy atom. The average Bonchev–Trinajstić information content (AvgIpc) is 3.44. The number of aliphatic hydroxyl groups is 2. The van der Waals surface area contributed by atoms with Gasteiger partial charge in [0.25, 0.3) is 0 Å². The molecule has 0 radical (unpaired) electrons. The first-order valence-corrected chi connectivity index (χ1v) is 20.1. The van der Waals surface area contributed by atoms with Crippen LogP contribution in [0.25, 0.3) is 0 Å². The van der Waals surface area contributed by atoms with Gasteiger partial charge in [0.1, 0.15) is 11.7 Å². The Hall–Kier alpha value is -2.90. The molecule has 10 atom stereocenters. The quantitative estimate of drug-likeness (QED) is 0.173. The van der Waals surface area contributed by atoms with E-state index in [0.717, 1.165) is 18.1 Å².